The molecule has 1 heterocycles. The lowest BCUT2D eigenvalue weighted by atomic mass is 9.89. The van der Waals surface area contributed by atoms with Crippen molar-refractivity contribution in [2.75, 3.05) is 19.6 Å². The summed E-state index contributed by atoms with van der Waals surface area (Å²) in [4.78, 5) is 24.7. The summed E-state index contributed by atoms with van der Waals surface area (Å²) in [5.74, 6) is -1.05. The quantitative estimate of drug-likeness (QED) is 0.717. The van der Waals surface area contributed by atoms with Gasteiger partial charge in [-0.3, -0.25) is 10.1 Å². The second kappa shape index (κ2) is 6.55. The van der Waals surface area contributed by atoms with Crippen molar-refractivity contribution in [3.8, 4) is 0 Å². The Hall–Kier alpha value is -2.12. The number of carboxylic acids is 1. The third kappa shape index (κ3) is 4.43. The number of carbonyl (C=O) groups excluding carboxylic acids is 1. The lowest BCUT2D eigenvalue weighted by Gasteiger charge is -2.47. The molecule has 7 heteroatoms. The number of carboxylic acid groups (broad SMARTS) is 1. The van der Waals surface area contributed by atoms with Crippen molar-refractivity contribution in [3.63, 3.8) is 0 Å². The van der Waals surface area contributed by atoms with Crippen molar-refractivity contribution in [3.05, 3.63) is 35.9 Å². The van der Waals surface area contributed by atoms with Crippen molar-refractivity contribution in [2.45, 2.75) is 31.6 Å². The molecule has 23 heavy (non-hydrogen) atoms. The highest BCUT2D eigenvalue weighted by molar-refractivity contribution is 5.84. The minimum atomic E-state index is -1.23. The molecule has 2 rings (SSSR count). The van der Waals surface area contributed by atoms with Gasteiger partial charge in [0.2, 0.25) is 0 Å². The number of nitrogens with zero attached hydrogens (tertiary/aromatic N) is 1. The number of nitrogens with one attached hydrogen (secondary N) is 1. The van der Waals surface area contributed by atoms with Gasteiger partial charge in [0.25, 0.3) is 0 Å². The molecule has 0 aromatic heterocycles. The number of β-amino-alcohol motifs (C(OH)–C–C–N with tert-alkyl or cyclic N) is 1. The van der Waals surface area contributed by atoms with Crippen LogP contribution in [0, 0.1) is 0 Å². The normalized spacial score (nSPS) is 16.6. The zero-order valence-electron chi connectivity index (χ0n) is 13.3. The number of ether oxygens (including phenoxy) is 1. The van der Waals surface area contributed by atoms with Gasteiger partial charge in [-0.05, 0) is 19.4 Å². The van der Waals surface area contributed by atoms with Gasteiger partial charge in [-0.25, -0.2) is 4.79 Å². The van der Waals surface area contributed by atoms with E-state index in [0.29, 0.717) is 0 Å². The Balaban J connectivity index is 1.85. The van der Waals surface area contributed by atoms with E-state index in [1.54, 1.807) is 13.8 Å². The predicted molar refractivity (Wildman–Crippen MR) is 82.9 cm³/mol. The maximum absolute atomic E-state index is 11.9. The van der Waals surface area contributed by atoms with Crippen molar-refractivity contribution in [1.82, 2.24) is 10.2 Å². The maximum Gasteiger partial charge on any atom is 0.410 e. The fourth-order valence-corrected chi connectivity index (χ4v) is 2.25. The van der Waals surface area contributed by atoms with E-state index in [4.69, 9.17) is 4.74 Å². The van der Waals surface area contributed by atoms with E-state index in [2.05, 4.69) is 5.32 Å². The summed E-state index contributed by atoms with van der Waals surface area (Å²) >= 11 is 0. The van der Waals surface area contributed by atoms with Crippen LogP contribution in [0.2, 0.25) is 0 Å². The van der Waals surface area contributed by atoms with E-state index in [0.717, 1.165) is 5.56 Å². The van der Waals surface area contributed by atoms with Gasteiger partial charge in [0.1, 0.15) is 6.61 Å². The van der Waals surface area contributed by atoms with Gasteiger partial charge < -0.3 is 19.8 Å². The summed E-state index contributed by atoms with van der Waals surface area (Å²) in [5.41, 5.74) is -1.39. The van der Waals surface area contributed by atoms with Gasteiger partial charge >= 0.3 is 12.1 Å². The van der Waals surface area contributed by atoms with Crippen LogP contribution >= 0.6 is 0 Å². The average Bonchev–Trinajstić information content (AvgIpc) is 2.43. The first-order valence-corrected chi connectivity index (χ1v) is 7.38. The van der Waals surface area contributed by atoms with Crippen molar-refractivity contribution in [2.24, 2.45) is 0 Å². The third-order valence-corrected chi connectivity index (χ3v) is 3.65. The molecule has 0 spiro atoms. The number of hydrogen-bond donors (Lipinski definition) is 3. The molecule has 0 bridgehead atoms. The van der Waals surface area contributed by atoms with E-state index < -0.39 is 23.2 Å². The molecule has 1 aliphatic heterocycles. The van der Waals surface area contributed by atoms with Crippen LogP contribution in [-0.2, 0) is 16.1 Å². The number of likely N-dealkylation sites (tertiary alicyclic amines) is 1. The van der Waals surface area contributed by atoms with Gasteiger partial charge in [-0.15, -0.1) is 0 Å². The Bertz CT molecular complexity index is 562. The summed E-state index contributed by atoms with van der Waals surface area (Å²) in [6.45, 7) is 3.44. The van der Waals surface area contributed by atoms with Crippen LogP contribution in [0.3, 0.4) is 0 Å². The molecule has 1 fully saturated rings. The van der Waals surface area contributed by atoms with Crippen LogP contribution < -0.4 is 5.32 Å². The van der Waals surface area contributed by atoms with E-state index >= 15 is 0 Å². The monoisotopic (exact) mass is 322 g/mol. The van der Waals surface area contributed by atoms with Gasteiger partial charge in [-0.2, -0.15) is 0 Å². The summed E-state index contributed by atoms with van der Waals surface area (Å²) in [7, 11) is 0. The van der Waals surface area contributed by atoms with Crippen molar-refractivity contribution >= 4 is 12.1 Å². The SMILES string of the molecule is CC(C)(O)CNC1(C(=O)O)CN(C(=O)OCc2ccccc2)C1. The number of carbonyl (C=O) groups is 2. The smallest absolute Gasteiger partial charge is 0.410 e. The zero-order valence-corrected chi connectivity index (χ0v) is 13.3. The molecule has 126 valence electrons. The second-order valence-electron chi connectivity index (χ2n) is 6.45. The molecule has 0 atom stereocenters. The summed E-state index contributed by atoms with van der Waals surface area (Å²) in [6.07, 6.45) is -0.546. The maximum atomic E-state index is 11.9. The van der Waals surface area contributed by atoms with Crippen molar-refractivity contribution in [1.29, 1.82) is 0 Å². The Labute approximate surface area is 134 Å². The number of benzene rings is 1. The van der Waals surface area contributed by atoms with Crippen LogP contribution in [-0.4, -0.2) is 57.9 Å². The van der Waals surface area contributed by atoms with Crippen molar-refractivity contribution < 1.29 is 24.5 Å². The molecular weight excluding hydrogens is 300 g/mol. The first-order chi connectivity index (χ1) is 10.7. The Morgan fingerprint density at radius 3 is 2.43 bits per heavy atom. The fourth-order valence-electron chi connectivity index (χ4n) is 2.25. The number of hydrogen-bond acceptors (Lipinski definition) is 5. The van der Waals surface area contributed by atoms with Gasteiger partial charge in [0.15, 0.2) is 5.54 Å². The highest BCUT2D eigenvalue weighted by Gasteiger charge is 2.52. The van der Waals surface area contributed by atoms with E-state index in [9.17, 15) is 19.8 Å². The third-order valence-electron chi connectivity index (χ3n) is 3.65. The molecule has 0 radical (unpaired) electrons. The molecule has 0 aliphatic carbocycles. The number of rotatable bonds is 6. The molecule has 7 nitrogen and oxygen atoms in total. The summed E-state index contributed by atoms with van der Waals surface area (Å²) < 4.78 is 5.17. The molecule has 3 N–H and O–H groups in total. The fraction of sp³-hybridized carbons (Fsp3) is 0.500. The summed E-state index contributed by atoms with van der Waals surface area (Å²) in [5, 5.41) is 21.9. The highest BCUT2D eigenvalue weighted by atomic mass is 16.6. The largest absolute Gasteiger partial charge is 0.480 e. The molecule has 1 amide bonds. The van der Waals surface area contributed by atoms with Gasteiger partial charge in [-0.1, -0.05) is 30.3 Å². The van der Waals surface area contributed by atoms with Crippen LogP contribution in [0.15, 0.2) is 30.3 Å². The number of amides is 1. The Morgan fingerprint density at radius 2 is 1.91 bits per heavy atom. The van der Waals surface area contributed by atoms with Crippen LogP contribution in [0.4, 0.5) is 4.79 Å². The molecule has 0 unspecified atom stereocenters. The predicted octanol–water partition coefficient (Wildman–Crippen LogP) is 0.823. The topological polar surface area (TPSA) is 99.1 Å². The number of aliphatic carboxylic acids is 1. The standard InChI is InChI=1S/C16H22N2O5/c1-15(2,22)9-17-16(13(19)20)10-18(11-16)14(21)23-8-12-6-4-3-5-7-12/h3-7,17,22H,8-11H2,1-2H3,(H,19,20). The molecule has 1 aliphatic rings. The Morgan fingerprint density at radius 1 is 1.30 bits per heavy atom. The zero-order chi connectivity index (χ0) is 17.1. The highest BCUT2D eigenvalue weighted by Crippen LogP contribution is 2.23. The first kappa shape index (κ1) is 17.2. The van der Waals surface area contributed by atoms with Crippen LogP contribution in [0.1, 0.15) is 19.4 Å². The molecule has 1 aromatic carbocycles. The molecule has 1 aromatic rings. The van der Waals surface area contributed by atoms with Crippen LogP contribution in [0.5, 0.6) is 0 Å². The second-order valence-corrected chi connectivity index (χ2v) is 6.45. The van der Waals surface area contributed by atoms with E-state index in [1.807, 2.05) is 30.3 Å². The molecule has 0 saturated carbocycles. The minimum absolute atomic E-state index is 0.00599. The summed E-state index contributed by atoms with van der Waals surface area (Å²) in [6, 6.07) is 9.26. The van der Waals surface area contributed by atoms with E-state index in [1.165, 1.54) is 4.90 Å². The van der Waals surface area contributed by atoms with Crippen LogP contribution in [0.25, 0.3) is 0 Å². The minimum Gasteiger partial charge on any atom is -0.480 e. The Kier molecular flexibility index (Phi) is 4.91. The molecule has 1 saturated heterocycles. The van der Waals surface area contributed by atoms with Gasteiger partial charge in [0.05, 0.1) is 18.7 Å². The first-order valence-electron chi connectivity index (χ1n) is 7.38. The average molecular weight is 322 g/mol. The molecular formula is C16H22N2O5. The van der Waals surface area contributed by atoms with Gasteiger partial charge in [0, 0.05) is 6.54 Å². The lowest BCUT2D eigenvalue weighted by Crippen LogP contribution is -2.75. The van der Waals surface area contributed by atoms with E-state index in [-0.39, 0.29) is 26.2 Å². The lowest BCUT2D eigenvalue weighted by molar-refractivity contribution is -0.152. The number of aliphatic hydroxyl groups is 1.